The monoisotopic (exact) mass is 429 g/mol. The summed E-state index contributed by atoms with van der Waals surface area (Å²) in [5.41, 5.74) is 3.66. The first-order chi connectivity index (χ1) is 14.4. The topological polar surface area (TPSA) is 61.8 Å². The van der Waals surface area contributed by atoms with Gasteiger partial charge in [0.15, 0.2) is 5.96 Å². The predicted octanol–water partition coefficient (Wildman–Crippen LogP) is 3.62. The number of aliphatic imine (C=N–C) groups is 1. The molecule has 1 aromatic heterocycles. The first-order valence-electron chi connectivity index (χ1n) is 10.8. The molecule has 3 rings (SSSR count). The second-order valence-corrected chi connectivity index (χ2v) is 9.35. The normalized spacial score (nSPS) is 20.4. The Morgan fingerprint density at radius 2 is 1.80 bits per heavy atom. The number of benzene rings is 1. The van der Waals surface area contributed by atoms with Gasteiger partial charge in [-0.3, -0.25) is 4.90 Å². The quantitative estimate of drug-likeness (QED) is 0.520. The molecule has 1 aliphatic heterocycles. The molecule has 2 unspecified atom stereocenters. The van der Waals surface area contributed by atoms with Gasteiger partial charge in [-0.25, -0.2) is 9.98 Å². The van der Waals surface area contributed by atoms with E-state index in [-0.39, 0.29) is 0 Å². The van der Waals surface area contributed by atoms with Gasteiger partial charge in [-0.05, 0) is 45.7 Å². The summed E-state index contributed by atoms with van der Waals surface area (Å²) in [6.07, 6.45) is 0.605. The Kier molecular flexibility index (Phi) is 8.24. The van der Waals surface area contributed by atoms with Crippen molar-refractivity contribution < 1.29 is 4.74 Å². The number of hydrogen-bond donors (Lipinski definition) is 2. The number of ether oxygens (including phenoxy) is 1. The summed E-state index contributed by atoms with van der Waals surface area (Å²) in [5.74, 6) is 0.823. The van der Waals surface area contributed by atoms with E-state index in [1.54, 1.807) is 11.3 Å². The van der Waals surface area contributed by atoms with Crippen molar-refractivity contribution in [1.82, 2.24) is 20.5 Å². The SMILES string of the molecule is CCNC(=NCc1ccc(CN2CC(C)OC(C)C2)cc1)NCc1nc(C)c(C)s1. The van der Waals surface area contributed by atoms with E-state index in [9.17, 15) is 0 Å². The molecule has 1 aliphatic rings. The number of nitrogens with zero attached hydrogens (tertiary/aromatic N) is 3. The molecule has 0 spiro atoms. The summed E-state index contributed by atoms with van der Waals surface area (Å²) in [6, 6.07) is 8.81. The number of morpholine rings is 1. The van der Waals surface area contributed by atoms with Gasteiger partial charge in [-0.15, -0.1) is 11.3 Å². The molecule has 6 nitrogen and oxygen atoms in total. The standard InChI is InChI=1S/C23H35N5OS/c1-6-24-23(26-12-22-27-18(4)19(5)30-22)25-11-20-7-9-21(10-8-20)15-28-13-16(2)29-17(3)14-28/h7-10,16-17H,6,11-15H2,1-5H3,(H2,24,25,26). The van der Waals surface area contributed by atoms with Crippen molar-refractivity contribution in [3.63, 3.8) is 0 Å². The van der Waals surface area contributed by atoms with Crippen LogP contribution in [0.4, 0.5) is 0 Å². The van der Waals surface area contributed by atoms with E-state index in [2.05, 4.69) is 79.4 Å². The van der Waals surface area contributed by atoms with E-state index in [1.807, 2.05) is 0 Å². The molecule has 2 N–H and O–H groups in total. The molecule has 1 aromatic carbocycles. The molecule has 164 valence electrons. The highest BCUT2D eigenvalue weighted by atomic mass is 32.1. The van der Waals surface area contributed by atoms with Crippen molar-refractivity contribution in [3.8, 4) is 0 Å². The first-order valence-corrected chi connectivity index (χ1v) is 11.6. The van der Waals surface area contributed by atoms with Crippen molar-refractivity contribution >= 4 is 17.3 Å². The fourth-order valence-electron chi connectivity index (χ4n) is 3.71. The molecule has 0 saturated carbocycles. The van der Waals surface area contributed by atoms with Crippen LogP contribution < -0.4 is 10.6 Å². The third kappa shape index (κ3) is 6.79. The van der Waals surface area contributed by atoms with E-state index in [0.717, 1.165) is 42.8 Å². The molecule has 2 atom stereocenters. The zero-order valence-electron chi connectivity index (χ0n) is 18.9. The number of nitrogens with one attached hydrogen (secondary N) is 2. The second-order valence-electron chi connectivity index (χ2n) is 8.07. The summed E-state index contributed by atoms with van der Waals surface area (Å²) < 4.78 is 5.83. The molecule has 1 fully saturated rings. The second kappa shape index (κ2) is 10.9. The van der Waals surface area contributed by atoms with Gasteiger partial charge in [0.2, 0.25) is 0 Å². The van der Waals surface area contributed by atoms with Gasteiger partial charge in [-0.1, -0.05) is 24.3 Å². The van der Waals surface area contributed by atoms with E-state index >= 15 is 0 Å². The Hall–Kier alpha value is -1.96. The maximum absolute atomic E-state index is 5.83. The molecule has 30 heavy (non-hydrogen) atoms. The number of rotatable bonds is 7. The molecule has 0 amide bonds. The fourth-order valence-corrected chi connectivity index (χ4v) is 4.58. The highest BCUT2D eigenvalue weighted by molar-refractivity contribution is 7.11. The van der Waals surface area contributed by atoms with Crippen LogP contribution in [0.15, 0.2) is 29.3 Å². The van der Waals surface area contributed by atoms with Crippen molar-refractivity contribution in [2.75, 3.05) is 19.6 Å². The zero-order chi connectivity index (χ0) is 21.5. The van der Waals surface area contributed by atoms with Crippen molar-refractivity contribution in [1.29, 1.82) is 0 Å². The lowest BCUT2D eigenvalue weighted by Crippen LogP contribution is -2.44. The number of aromatic nitrogens is 1. The molecule has 1 saturated heterocycles. The largest absolute Gasteiger partial charge is 0.373 e. The molecular formula is C23H35N5OS. The first kappa shape index (κ1) is 22.7. The summed E-state index contributed by atoms with van der Waals surface area (Å²) in [5, 5.41) is 7.79. The van der Waals surface area contributed by atoms with Crippen LogP contribution in [-0.4, -0.2) is 47.7 Å². The Balaban J connectivity index is 1.53. The van der Waals surface area contributed by atoms with E-state index in [0.29, 0.717) is 25.3 Å². The van der Waals surface area contributed by atoms with Crippen LogP contribution in [-0.2, 0) is 24.4 Å². The molecule has 0 bridgehead atoms. The van der Waals surface area contributed by atoms with E-state index in [4.69, 9.17) is 9.73 Å². The van der Waals surface area contributed by atoms with Crippen LogP contribution in [0.25, 0.3) is 0 Å². The summed E-state index contributed by atoms with van der Waals surface area (Å²) in [4.78, 5) is 13.1. The Labute approximate surface area is 184 Å². The van der Waals surface area contributed by atoms with Crippen LogP contribution >= 0.6 is 11.3 Å². The summed E-state index contributed by atoms with van der Waals surface area (Å²) in [6.45, 7) is 15.7. The summed E-state index contributed by atoms with van der Waals surface area (Å²) in [7, 11) is 0. The van der Waals surface area contributed by atoms with Gasteiger partial charge in [0.25, 0.3) is 0 Å². The lowest BCUT2D eigenvalue weighted by atomic mass is 10.1. The van der Waals surface area contributed by atoms with Gasteiger partial charge in [0, 0.05) is 31.1 Å². The third-order valence-electron chi connectivity index (χ3n) is 5.17. The molecule has 7 heteroatoms. The molecule has 0 radical (unpaired) electrons. The van der Waals surface area contributed by atoms with Crippen LogP contribution in [0.3, 0.4) is 0 Å². The van der Waals surface area contributed by atoms with Gasteiger partial charge in [0.1, 0.15) is 5.01 Å². The van der Waals surface area contributed by atoms with Crippen LogP contribution in [0.1, 0.15) is 47.5 Å². The molecule has 2 heterocycles. The van der Waals surface area contributed by atoms with Gasteiger partial charge in [0.05, 0.1) is 31.0 Å². The van der Waals surface area contributed by atoms with E-state index in [1.165, 1.54) is 16.0 Å². The average Bonchev–Trinajstić information content (AvgIpc) is 3.02. The minimum atomic E-state index is 0.302. The smallest absolute Gasteiger partial charge is 0.191 e. The van der Waals surface area contributed by atoms with Gasteiger partial charge >= 0.3 is 0 Å². The average molecular weight is 430 g/mol. The third-order valence-corrected chi connectivity index (χ3v) is 6.24. The number of guanidine groups is 1. The predicted molar refractivity (Wildman–Crippen MR) is 125 cm³/mol. The van der Waals surface area contributed by atoms with Crippen molar-refractivity contribution in [2.45, 2.75) is 66.5 Å². The van der Waals surface area contributed by atoms with Crippen LogP contribution in [0.2, 0.25) is 0 Å². The number of hydrogen-bond acceptors (Lipinski definition) is 5. The van der Waals surface area contributed by atoms with E-state index < -0.39 is 0 Å². The van der Waals surface area contributed by atoms with Gasteiger partial charge < -0.3 is 15.4 Å². The van der Waals surface area contributed by atoms with Gasteiger partial charge in [-0.2, -0.15) is 0 Å². The maximum Gasteiger partial charge on any atom is 0.191 e. The number of aryl methyl sites for hydroxylation is 2. The summed E-state index contributed by atoms with van der Waals surface area (Å²) >= 11 is 1.74. The van der Waals surface area contributed by atoms with Crippen LogP contribution in [0, 0.1) is 13.8 Å². The molecular weight excluding hydrogens is 394 g/mol. The minimum absolute atomic E-state index is 0.302. The fraction of sp³-hybridized carbons (Fsp3) is 0.565. The lowest BCUT2D eigenvalue weighted by Gasteiger charge is -2.35. The Morgan fingerprint density at radius 3 is 2.40 bits per heavy atom. The molecule has 2 aromatic rings. The van der Waals surface area contributed by atoms with Crippen LogP contribution in [0.5, 0.6) is 0 Å². The minimum Gasteiger partial charge on any atom is -0.373 e. The lowest BCUT2D eigenvalue weighted by molar-refractivity contribution is -0.0704. The molecule has 0 aliphatic carbocycles. The zero-order valence-corrected chi connectivity index (χ0v) is 19.7. The Bertz CT molecular complexity index is 803. The maximum atomic E-state index is 5.83. The number of thiazole rings is 1. The van der Waals surface area contributed by atoms with Crippen molar-refractivity contribution in [3.05, 3.63) is 51.0 Å². The highest BCUT2D eigenvalue weighted by Gasteiger charge is 2.21. The highest BCUT2D eigenvalue weighted by Crippen LogP contribution is 2.16. The Morgan fingerprint density at radius 1 is 1.13 bits per heavy atom. The van der Waals surface area contributed by atoms with Crippen molar-refractivity contribution in [2.24, 2.45) is 4.99 Å².